The summed E-state index contributed by atoms with van der Waals surface area (Å²) in [4.78, 5) is 4.50. The van der Waals surface area contributed by atoms with E-state index in [4.69, 9.17) is 4.52 Å². The fraction of sp³-hybridized carbons (Fsp3) is 0.600. The van der Waals surface area contributed by atoms with Crippen LogP contribution in [0.25, 0.3) is 11.4 Å². The Morgan fingerprint density at radius 2 is 1.43 bits per heavy atom. The van der Waals surface area contributed by atoms with Gasteiger partial charge < -0.3 is 4.52 Å². The van der Waals surface area contributed by atoms with Crippen molar-refractivity contribution in [3.8, 4) is 11.4 Å². The number of aryl methyl sites for hydroxylation is 2. The average Bonchev–Trinajstić information content (AvgIpc) is 3.04. The first kappa shape index (κ1) is 17.7. The molecule has 1 aromatic carbocycles. The highest BCUT2D eigenvalue weighted by atomic mass is 16.5. The van der Waals surface area contributed by atoms with Gasteiger partial charge in [0.15, 0.2) is 0 Å². The van der Waals surface area contributed by atoms with Crippen molar-refractivity contribution in [1.82, 2.24) is 10.1 Å². The quantitative estimate of drug-likeness (QED) is 0.479. The lowest BCUT2D eigenvalue weighted by molar-refractivity contribution is 0.374. The third-order valence-corrected chi connectivity index (χ3v) is 4.24. The normalized spacial score (nSPS) is 11.0. The molecule has 0 radical (unpaired) electrons. The summed E-state index contributed by atoms with van der Waals surface area (Å²) in [5.74, 6) is 1.47. The van der Waals surface area contributed by atoms with Crippen LogP contribution < -0.4 is 0 Å². The Morgan fingerprint density at radius 3 is 2.17 bits per heavy atom. The van der Waals surface area contributed by atoms with Crippen molar-refractivity contribution in [3.63, 3.8) is 0 Å². The van der Waals surface area contributed by atoms with Crippen LogP contribution in [0, 0.1) is 0 Å². The first-order chi connectivity index (χ1) is 11.3. The number of hydrogen-bond donors (Lipinski definition) is 0. The van der Waals surface area contributed by atoms with Crippen molar-refractivity contribution in [2.45, 2.75) is 78.1 Å². The molecule has 2 aromatic rings. The second kappa shape index (κ2) is 10.2. The molecule has 23 heavy (non-hydrogen) atoms. The molecule has 0 amide bonds. The average molecular weight is 314 g/mol. The number of unbranched alkanes of at least 4 members (excludes halogenated alkanes) is 6. The molecule has 0 fully saturated rings. The molecule has 0 spiro atoms. The van der Waals surface area contributed by atoms with Gasteiger partial charge in [-0.1, -0.05) is 81.8 Å². The molecule has 0 saturated carbocycles. The van der Waals surface area contributed by atoms with E-state index >= 15 is 0 Å². The Hall–Kier alpha value is -1.64. The number of rotatable bonds is 11. The minimum Gasteiger partial charge on any atom is -0.339 e. The smallest absolute Gasteiger partial charge is 0.226 e. The van der Waals surface area contributed by atoms with Crippen LogP contribution in [0.15, 0.2) is 28.8 Å². The highest BCUT2D eigenvalue weighted by molar-refractivity contribution is 5.54. The fourth-order valence-corrected chi connectivity index (χ4v) is 2.75. The summed E-state index contributed by atoms with van der Waals surface area (Å²) in [5.41, 5.74) is 2.45. The molecule has 0 saturated heterocycles. The zero-order valence-corrected chi connectivity index (χ0v) is 14.7. The first-order valence-electron chi connectivity index (χ1n) is 9.25. The summed E-state index contributed by atoms with van der Waals surface area (Å²) < 4.78 is 5.34. The summed E-state index contributed by atoms with van der Waals surface area (Å²) in [7, 11) is 0. The zero-order valence-electron chi connectivity index (χ0n) is 14.7. The van der Waals surface area contributed by atoms with Gasteiger partial charge in [-0.25, -0.2) is 0 Å². The summed E-state index contributed by atoms with van der Waals surface area (Å²) in [6, 6.07) is 8.62. The van der Waals surface area contributed by atoms with Crippen molar-refractivity contribution < 1.29 is 4.52 Å². The predicted octanol–water partition coefficient (Wildman–Crippen LogP) is 5.98. The van der Waals surface area contributed by atoms with Crippen LogP contribution in [0.5, 0.6) is 0 Å². The summed E-state index contributed by atoms with van der Waals surface area (Å²) >= 11 is 0. The van der Waals surface area contributed by atoms with Gasteiger partial charge in [-0.3, -0.25) is 0 Å². The molecule has 126 valence electrons. The lowest BCUT2D eigenvalue weighted by Crippen LogP contribution is -1.88. The Morgan fingerprint density at radius 1 is 0.783 bits per heavy atom. The molecule has 0 aliphatic heterocycles. The van der Waals surface area contributed by atoms with Crippen molar-refractivity contribution in [1.29, 1.82) is 0 Å². The van der Waals surface area contributed by atoms with Crippen LogP contribution in [-0.4, -0.2) is 10.1 Å². The van der Waals surface area contributed by atoms with Gasteiger partial charge in [0.2, 0.25) is 11.7 Å². The molecule has 0 aliphatic carbocycles. The van der Waals surface area contributed by atoms with Crippen molar-refractivity contribution in [3.05, 3.63) is 35.7 Å². The molecule has 0 bridgehead atoms. The lowest BCUT2D eigenvalue weighted by atomic mass is 10.0. The van der Waals surface area contributed by atoms with Gasteiger partial charge in [0, 0.05) is 12.0 Å². The highest BCUT2D eigenvalue weighted by Crippen LogP contribution is 2.18. The SMILES string of the molecule is CCCCCCCc1ccc(-c2noc(CCCCC)n2)cc1. The third kappa shape index (κ3) is 6.17. The van der Waals surface area contributed by atoms with Gasteiger partial charge in [0.1, 0.15) is 0 Å². The fourth-order valence-electron chi connectivity index (χ4n) is 2.75. The monoisotopic (exact) mass is 314 g/mol. The number of nitrogens with zero attached hydrogens (tertiary/aromatic N) is 2. The Bertz CT molecular complexity index is 545. The molecular weight excluding hydrogens is 284 g/mol. The topological polar surface area (TPSA) is 38.9 Å². The van der Waals surface area contributed by atoms with Gasteiger partial charge in [0.25, 0.3) is 0 Å². The maximum Gasteiger partial charge on any atom is 0.226 e. The standard InChI is InChI=1S/C20H30N2O/c1-3-5-7-8-10-11-17-13-15-18(16-14-17)20-21-19(23-22-20)12-9-6-4-2/h13-16H,3-12H2,1-2H3. The minimum atomic E-state index is 0.714. The summed E-state index contributed by atoms with van der Waals surface area (Å²) in [6.45, 7) is 4.45. The van der Waals surface area contributed by atoms with E-state index in [0.29, 0.717) is 5.82 Å². The molecule has 1 aromatic heterocycles. The predicted molar refractivity (Wildman–Crippen MR) is 95.4 cm³/mol. The molecule has 3 nitrogen and oxygen atoms in total. The molecule has 0 atom stereocenters. The van der Waals surface area contributed by atoms with Gasteiger partial charge in [0.05, 0.1) is 0 Å². The van der Waals surface area contributed by atoms with Crippen LogP contribution in [0.1, 0.15) is 76.7 Å². The molecule has 0 N–H and O–H groups in total. The molecular formula is C20H30N2O. The van der Waals surface area contributed by atoms with Crippen molar-refractivity contribution in [2.75, 3.05) is 0 Å². The van der Waals surface area contributed by atoms with Crippen LogP contribution in [0.4, 0.5) is 0 Å². The van der Waals surface area contributed by atoms with E-state index in [9.17, 15) is 0 Å². The summed E-state index contributed by atoms with van der Waals surface area (Å²) in [6.07, 6.45) is 12.2. The lowest BCUT2D eigenvalue weighted by Gasteiger charge is -2.02. The molecule has 2 rings (SSSR count). The van der Waals surface area contributed by atoms with E-state index in [-0.39, 0.29) is 0 Å². The second-order valence-corrected chi connectivity index (χ2v) is 6.33. The van der Waals surface area contributed by atoms with Crippen molar-refractivity contribution >= 4 is 0 Å². The van der Waals surface area contributed by atoms with E-state index in [0.717, 1.165) is 24.3 Å². The number of aromatic nitrogens is 2. The van der Waals surface area contributed by atoms with Crippen LogP contribution >= 0.6 is 0 Å². The van der Waals surface area contributed by atoms with Crippen LogP contribution in [-0.2, 0) is 12.8 Å². The van der Waals surface area contributed by atoms with E-state index in [1.807, 2.05) is 0 Å². The molecule has 0 aliphatic rings. The zero-order chi connectivity index (χ0) is 16.3. The van der Waals surface area contributed by atoms with Crippen LogP contribution in [0.2, 0.25) is 0 Å². The summed E-state index contributed by atoms with van der Waals surface area (Å²) in [5, 5.41) is 4.10. The van der Waals surface area contributed by atoms with Crippen LogP contribution in [0.3, 0.4) is 0 Å². The Balaban J connectivity index is 1.82. The van der Waals surface area contributed by atoms with Gasteiger partial charge in [-0.05, 0) is 24.8 Å². The molecule has 0 unspecified atom stereocenters. The maximum atomic E-state index is 5.34. The maximum absolute atomic E-state index is 5.34. The Kier molecular flexibility index (Phi) is 7.85. The minimum absolute atomic E-state index is 0.714. The van der Waals surface area contributed by atoms with E-state index < -0.39 is 0 Å². The first-order valence-corrected chi connectivity index (χ1v) is 9.25. The van der Waals surface area contributed by atoms with E-state index in [1.54, 1.807) is 0 Å². The largest absolute Gasteiger partial charge is 0.339 e. The van der Waals surface area contributed by atoms with Gasteiger partial charge in [-0.15, -0.1) is 0 Å². The van der Waals surface area contributed by atoms with Crippen molar-refractivity contribution in [2.24, 2.45) is 0 Å². The van der Waals surface area contributed by atoms with Gasteiger partial charge >= 0.3 is 0 Å². The number of benzene rings is 1. The third-order valence-electron chi connectivity index (χ3n) is 4.24. The van der Waals surface area contributed by atoms with Gasteiger partial charge in [-0.2, -0.15) is 4.98 Å². The Labute approximate surface area is 140 Å². The second-order valence-electron chi connectivity index (χ2n) is 6.33. The highest BCUT2D eigenvalue weighted by Gasteiger charge is 2.08. The van der Waals surface area contributed by atoms with E-state index in [2.05, 4.69) is 48.3 Å². The van der Waals surface area contributed by atoms with E-state index in [1.165, 1.54) is 56.9 Å². The molecule has 1 heterocycles. The number of hydrogen-bond acceptors (Lipinski definition) is 3. The molecule has 3 heteroatoms.